The van der Waals surface area contributed by atoms with Crippen LogP contribution in [0.15, 0.2) is 30.3 Å². The van der Waals surface area contributed by atoms with E-state index >= 15 is 0 Å². The lowest BCUT2D eigenvalue weighted by molar-refractivity contribution is -0.130. The Morgan fingerprint density at radius 1 is 1.05 bits per heavy atom. The van der Waals surface area contributed by atoms with E-state index in [4.69, 9.17) is 9.47 Å². The molecule has 5 nitrogen and oxygen atoms in total. The molecule has 2 atom stereocenters. The molecule has 0 bridgehead atoms. The molecule has 0 radical (unpaired) electrons. The summed E-state index contributed by atoms with van der Waals surface area (Å²) in [5, 5.41) is 0. The van der Waals surface area contributed by atoms with Gasteiger partial charge in [0.1, 0.15) is 6.61 Å². The Balaban J connectivity index is 1.54. The number of ether oxygens (including phenoxy) is 2. The summed E-state index contributed by atoms with van der Waals surface area (Å²) < 4.78 is 11.3. The van der Waals surface area contributed by atoms with Crippen LogP contribution in [0.5, 0.6) is 0 Å². The maximum Gasteiger partial charge on any atom is 0.253 e. The van der Waals surface area contributed by atoms with Crippen molar-refractivity contribution in [3.63, 3.8) is 0 Å². The second kappa shape index (κ2) is 5.99. The number of morpholine rings is 1. The second-order valence-electron chi connectivity index (χ2n) is 6.31. The monoisotopic (exact) mass is 302 g/mol. The van der Waals surface area contributed by atoms with Crippen LogP contribution in [0.3, 0.4) is 0 Å². The molecule has 1 aromatic carbocycles. The Bertz CT molecular complexity index is 530. The van der Waals surface area contributed by atoms with Crippen molar-refractivity contribution in [2.75, 3.05) is 37.8 Å². The zero-order valence-corrected chi connectivity index (χ0v) is 12.7. The molecule has 0 aliphatic carbocycles. The number of hydrogen-bond donors (Lipinski definition) is 0. The molecule has 0 N–H and O–H groups in total. The lowest BCUT2D eigenvalue weighted by Crippen LogP contribution is -2.54. The Hall–Kier alpha value is -1.43. The normalized spacial score (nSPS) is 30.5. The first-order chi connectivity index (χ1) is 10.8. The number of carbonyl (C=O) groups excluding carboxylic acids is 1. The van der Waals surface area contributed by atoms with Crippen LogP contribution in [0, 0.1) is 0 Å². The quantitative estimate of drug-likeness (QED) is 0.825. The third-order valence-corrected chi connectivity index (χ3v) is 5.03. The number of hydrogen-bond acceptors (Lipinski definition) is 4. The first-order valence-electron chi connectivity index (χ1n) is 8.13. The molecule has 3 aliphatic heterocycles. The summed E-state index contributed by atoms with van der Waals surface area (Å²) in [5.41, 5.74) is 0.986. The first-order valence-corrected chi connectivity index (χ1v) is 8.13. The van der Waals surface area contributed by atoms with Crippen molar-refractivity contribution < 1.29 is 14.3 Å². The van der Waals surface area contributed by atoms with Gasteiger partial charge in [0, 0.05) is 38.0 Å². The number of carbonyl (C=O) groups is 1. The van der Waals surface area contributed by atoms with E-state index in [1.807, 2.05) is 35.2 Å². The van der Waals surface area contributed by atoms with E-state index in [1.165, 1.54) is 0 Å². The van der Waals surface area contributed by atoms with Crippen LogP contribution < -0.4 is 4.90 Å². The number of benzene rings is 1. The van der Waals surface area contributed by atoms with Crippen molar-refractivity contribution in [2.45, 2.75) is 31.0 Å². The fraction of sp³-hybridized carbons (Fsp3) is 0.588. The van der Waals surface area contributed by atoms with Crippen LogP contribution in [0.25, 0.3) is 0 Å². The van der Waals surface area contributed by atoms with Crippen LogP contribution >= 0.6 is 0 Å². The largest absolute Gasteiger partial charge is 0.381 e. The molecule has 2 unspecified atom stereocenters. The maximum absolute atomic E-state index is 12.4. The lowest BCUT2D eigenvalue weighted by atomic mass is 10.1. The zero-order chi connectivity index (χ0) is 14.9. The van der Waals surface area contributed by atoms with Crippen molar-refractivity contribution in [3.8, 4) is 0 Å². The molecular weight excluding hydrogens is 280 g/mol. The predicted octanol–water partition coefficient (Wildman–Crippen LogP) is 1.28. The molecule has 5 heteroatoms. The minimum absolute atomic E-state index is 0.0706. The van der Waals surface area contributed by atoms with Gasteiger partial charge in [-0.05, 0) is 25.0 Å². The van der Waals surface area contributed by atoms with Crippen LogP contribution in [-0.2, 0) is 14.3 Å². The van der Waals surface area contributed by atoms with Gasteiger partial charge >= 0.3 is 0 Å². The predicted molar refractivity (Wildman–Crippen MR) is 82.9 cm³/mol. The highest BCUT2D eigenvalue weighted by Gasteiger charge is 2.45. The van der Waals surface area contributed by atoms with Gasteiger partial charge in [-0.25, -0.2) is 0 Å². The average molecular weight is 302 g/mol. The van der Waals surface area contributed by atoms with Gasteiger partial charge in [0.15, 0.2) is 0 Å². The molecule has 3 saturated heterocycles. The number of anilines is 1. The summed E-state index contributed by atoms with van der Waals surface area (Å²) in [6, 6.07) is 10.7. The molecule has 3 fully saturated rings. The third-order valence-electron chi connectivity index (χ3n) is 5.03. The summed E-state index contributed by atoms with van der Waals surface area (Å²) in [6.45, 7) is 3.71. The molecular formula is C17H22N2O3. The van der Waals surface area contributed by atoms with E-state index in [9.17, 15) is 4.79 Å². The van der Waals surface area contributed by atoms with Gasteiger partial charge in [-0.1, -0.05) is 18.2 Å². The lowest BCUT2D eigenvalue weighted by Gasteiger charge is -2.36. The van der Waals surface area contributed by atoms with Crippen molar-refractivity contribution in [1.29, 1.82) is 0 Å². The van der Waals surface area contributed by atoms with Gasteiger partial charge in [0.05, 0.1) is 12.1 Å². The average Bonchev–Trinajstić information content (AvgIpc) is 3.00. The minimum atomic E-state index is 0.0706. The molecule has 3 aliphatic rings. The summed E-state index contributed by atoms with van der Waals surface area (Å²) in [5.74, 6) is 0.0706. The number of para-hydroxylation sites is 1. The fourth-order valence-corrected chi connectivity index (χ4v) is 3.90. The summed E-state index contributed by atoms with van der Waals surface area (Å²) in [6.07, 6.45) is 2.29. The second-order valence-corrected chi connectivity index (χ2v) is 6.31. The van der Waals surface area contributed by atoms with Crippen LogP contribution in [-0.4, -0.2) is 61.9 Å². The Kier molecular flexibility index (Phi) is 3.86. The highest BCUT2D eigenvalue weighted by atomic mass is 16.5. The number of rotatable bonds is 2. The highest BCUT2D eigenvalue weighted by Crippen LogP contribution is 2.31. The van der Waals surface area contributed by atoms with Crippen molar-refractivity contribution >= 4 is 11.6 Å². The standard InChI is InChI=1S/C17H22N2O3/c20-17-12-22-16-11-18(13-6-8-21-9-7-13)10-15(16)19(17)14-4-2-1-3-5-14/h1-5,13,15-16H,6-12H2. The molecule has 118 valence electrons. The Labute approximate surface area is 130 Å². The van der Waals surface area contributed by atoms with E-state index in [0.29, 0.717) is 6.04 Å². The van der Waals surface area contributed by atoms with E-state index in [2.05, 4.69) is 4.90 Å². The molecule has 0 aromatic heterocycles. The smallest absolute Gasteiger partial charge is 0.253 e. The molecule has 4 rings (SSSR count). The summed E-state index contributed by atoms with van der Waals surface area (Å²) in [7, 11) is 0. The van der Waals surface area contributed by atoms with Gasteiger partial charge in [0.2, 0.25) is 0 Å². The van der Waals surface area contributed by atoms with Gasteiger partial charge in [-0.2, -0.15) is 0 Å². The van der Waals surface area contributed by atoms with Crippen LogP contribution in [0.4, 0.5) is 5.69 Å². The zero-order valence-electron chi connectivity index (χ0n) is 12.7. The SMILES string of the molecule is O=C1COC2CN(C3CCOCC3)CC2N1c1ccccc1. The molecule has 3 heterocycles. The molecule has 0 saturated carbocycles. The number of nitrogens with zero attached hydrogens (tertiary/aromatic N) is 2. The molecule has 1 amide bonds. The fourth-order valence-electron chi connectivity index (χ4n) is 3.90. The molecule has 0 spiro atoms. The van der Waals surface area contributed by atoms with Crippen molar-refractivity contribution in [1.82, 2.24) is 4.90 Å². The Morgan fingerprint density at radius 3 is 2.59 bits per heavy atom. The van der Waals surface area contributed by atoms with Gasteiger partial charge in [0.25, 0.3) is 5.91 Å². The van der Waals surface area contributed by atoms with Crippen LogP contribution in [0.2, 0.25) is 0 Å². The summed E-state index contributed by atoms with van der Waals surface area (Å²) >= 11 is 0. The number of fused-ring (bicyclic) bond motifs is 1. The van der Waals surface area contributed by atoms with Gasteiger partial charge in [-0.15, -0.1) is 0 Å². The molecule has 1 aromatic rings. The van der Waals surface area contributed by atoms with Gasteiger partial charge in [-0.3, -0.25) is 9.69 Å². The maximum atomic E-state index is 12.4. The van der Waals surface area contributed by atoms with E-state index in [0.717, 1.165) is 44.8 Å². The van der Waals surface area contributed by atoms with E-state index in [1.54, 1.807) is 0 Å². The van der Waals surface area contributed by atoms with E-state index in [-0.39, 0.29) is 24.7 Å². The Morgan fingerprint density at radius 2 is 1.82 bits per heavy atom. The van der Waals surface area contributed by atoms with E-state index < -0.39 is 0 Å². The third kappa shape index (κ3) is 2.53. The number of likely N-dealkylation sites (tertiary alicyclic amines) is 1. The highest BCUT2D eigenvalue weighted by molar-refractivity contribution is 5.95. The van der Waals surface area contributed by atoms with Crippen molar-refractivity contribution in [3.05, 3.63) is 30.3 Å². The minimum Gasteiger partial charge on any atom is -0.381 e. The van der Waals surface area contributed by atoms with Gasteiger partial charge < -0.3 is 14.4 Å². The topological polar surface area (TPSA) is 42.0 Å². The molecule has 22 heavy (non-hydrogen) atoms. The van der Waals surface area contributed by atoms with Crippen LogP contribution in [0.1, 0.15) is 12.8 Å². The number of amides is 1. The first kappa shape index (κ1) is 14.2. The van der Waals surface area contributed by atoms with Crippen molar-refractivity contribution in [2.24, 2.45) is 0 Å². The summed E-state index contributed by atoms with van der Waals surface area (Å²) in [4.78, 5) is 16.8.